The molecule has 3 heteroatoms. The third-order valence-electron chi connectivity index (χ3n) is 2.24. The van der Waals surface area contributed by atoms with Crippen molar-refractivity contribution in [3.8, 4) is 0 Å². The number of hydrogen-bond donors (Lipinski definition) is 3. The number of nitrogens with two attached hydrogens (primary N) is 2. The second kappa shape index (κ2) is 3.77. The summed E-state index contributed by atoms with van der Waals surface area (Å²) in [7, 11) is 0. The van der Waals surface area contributed by atoms with E-state index < -0.39 is 12.1 Å². The van der Waals surface area contributed by atoms with Gasteiger partial charge >= 0.3 is 0 Å². The number of benzene rings is 1. The van der Waals surface area contributed by atoms with Gasteiger partial charge in [-0.2, -0.15) is 0 Å². The predicted octanol–water partition coefficient (Wildman–Crippen LogP) is 0.958. The van der Waals surface area contributed by atoms with Gasteiger partial charge in [-0.3, -0.25) is 0 Å². The van der Waals surface area contributed by atoms with Crippen LogP contribution in [-0.2, 0) is 0 Å². The lowest BCUT2D eigenvalue weighted by molar-refractivity contribution is 0.164. The first kappa shape index (κ1) is 10.0. The second-order valence-corrected chi connectivity index (χ2v) is 3.34. The maximum absolute atomic E-state index is 9.31. The van der Waals surface area contributed by atoms with Crippen molar-refractivity contribution in [2.45, 2.75) is 26.0 Å². The van der Waals surface area contributed by atoms with Gasteiger partial charge in [0.1, 0.15) is 0 Å². The molecule has 13 heavy (non-hydrogen) atoms. The number of aliphatic hydroxyl groups excluding tert-OH is 1. The summed E-state index contributed by atoms with van der Waals surface area (Å²) in [5.74, 6) is 0. The Kier molecular flexibility index (Phi) is 2.90. The molecule has 1 aromatic carbocycles. The molecule has 0 aromatic heterocycles. The van der Waals surface area contributed by atoms with Crippen molar-refractivity contribution >= 4 is 5.69 Å². The number of anilines is 1. The highest BCUT2D eigenvalue weighted by molar-refractivity contribution is 5.54. The number of hydrogen-bond acceptors (Lipinski definition) is 3. The van der Waals surface area contributed by atoms with E-state index in [1.54, 1.807) is 6.92 Å². The topological polar surface area (TPSA) is 72.3 Å². The summed E-state index contributed by atoms with van der Waals surface area (Å²) in [6.07, 6.45) is -0.580. The molecule has 0 amide bonds. The molecule has 0 saturated heterocycles. The highest BCUT2D eigenvalue weighted by Gasteiger charge is 2.14. The first-order chi connectivity index (χ1) is 6.04. The maximum Gasteiger partial charge on any atom is 0.0705 e. The molecular formula is C10H16N2O. The van der Waals surface area contributed by atoms with Crippen LogP contribution in [0.15, 0.2) is 18.2 Å². The van der Waals surface area contributed by atoms with Crippen LogP contribution in [0, 0.1) is 6.92 Å². The molecule has 2 atom stereocenters. The number of para-hydroxylation sites is 1. The molecule has 0 spiro atoms. The Balaban J connectivity index is 3.07. The average molecular weight is 180 g/mol. The van der Waals surface area contributed by atoms with Crippen LogP contribution in [0.5, 0.6) is 0 Å². The van der Waals surface area contributed by atoms with Gasteiger partial charge < -0.3 is 16.6 Å². The van der Waals surface area contributed by atoms with Crippen molar-refractivity contribution in [3.63, 3.8) is 0 Å². The fraction of sp³-hybridized carbons (Fsp3) is 0.400. The van der Waals surface area contributed by atoms with Crippen LogP contribution < -0.4 is 11.5 Å². The highest BCUT2D eigenvalue weighted by Crippen LogP contribution is 2.23. The highest BCUT2D eigenvalue weighted by atomic mass is 16.3. The Morgan fingerprint density at radius 1 is 1.38 bits per heavy atom. The van der Waals surface area contributed by atoms with E-state index in [4.69, 9.17) is 11.5 Å². The minimum Gasteiger partial charge on any atom is -0.398 e. The molecule has 3 nitrogen and oxygen atoms in total. The van der Waals surface area contributed by atoms with E-state index >= 15 is 0 Å². The van der Waals surface area contributed by atoms with Crippen LogP contribution >= 0.6 is 0 Å². The third kappa shape index (κ3) is 1.99. The van der Waals surface area contributed by atoms with Crippen LogP contribution in [0.3, 0.4) is 0 Å². The summed E-state index contributed by atoms with van der Waals surface area (Å²) in [6, 6.07) is 5.26. The van der Waals surface area contributed by atoms with E-state index in [9.17, 15) is 5.11 Å². The van der Waals surface area contributed by atoms with Gasteiger partial charge in [0.15, 0.2) is 0 Å². The fourth-order valence-electron chi connectivity index (χ4n) is 1.25. The van der Waals surface area contributed by atoms with Crippen LogP contribution in [0.1, 0.15) is 24.1 Å². The Hall–Kier alpha value is -1.06. The molecule has 0 aliphatic rings. The van der Waals surface area contributed by atoms with Crippen molar-refractivity contribution in [1.29, 1.82) is 0 Å². The van der Waals surface area contributed by atoms with Crippen molar-refractivity contribution in [1.82, 2.24) is 0 Å². The van der Waals surface area contributed by atoms with Crippen molar-refractivity contribution < 1.29 is 5.11 Å². The van der Waals surface area contributed by atoms with Gasteiger partial charge in [0.05, 0.1) is 12.1 Å². The Morgan fingerprint density at radius 3 is 2.54 bits per heavy atom. The number of aryl methyl sites for hydroxylation is 1. The van der Waals surface area contributed by atoms with Crippen molar-refractivity contribution in [3.05, 3.63) is 29.3 Å². The monoisotopic (exact) mass is 180 g/mol. The molecule has 1 aromatic rings. The van der Waals surface area contributed by atoms with Crippen molar-refractivity contribution in [2.24, 2.45) is 5.73 Å². The zero-order valence-electron chi connectivity index (χ0n) is 7.99. The molecule has 0 aliphatic carbocycles. The zero-order valence-corrected chi connectivity index (χ0v) is 7.99. The summed E-state index contributed by atoms with van der Waals surface area (Å²) in [6.45, 7) is 3.58. The maximum atomic E-state index is 9.31. The molecule has 0 heterocycles. The Morgan fingerprint density at radius 2 is 2.00 bits per heavy atom. The summed E-state index contributed by atoms with van der Waals surface area (Å²) >= 11 is 0. The molecule has 72 valence electrons. The van der Waals surface area contributed by atoms with Gasteiger partial charge in [-0.15, -0.1) is 0 Å². The third-order valence-corrected chi connectivity index (χ3v) is 2.24. The molecule has 0 bridgehead atoms. The van der Waals surface area contributed by atoms with E-state index in [2.05, 4.69) is 0 Å². The second-order valence-electron chi connectivity index (χ2n) is 3.34. The normalized spacial score (nSPS) is 15.4. The first-order valence-corrected chi connectivity index (χ1v) is 4.32. The Bertz CT molecular complexity index is 297. The summed E-state index contributed by atoms with van der Waals surface area (Å²) in [5, 5.41) is 9.31. The van der Waals surface area contributed by atoms with E-state index in [1.165, 1.54) is 0 Å². The SMILES string of the molecule is Cc1cccc([C@@H](N)[C@@H](C)O)c1N. The largest absolute Gasteiger partial charge is 0.398 e. The zero-order chi connectivity index (χ0) is 10.0. The number of aliphatic hydroxyl groups is 1. The molecule has 5 N–H and O–H groups in total. The minimum atomic E-state index is -0.580. The van der Waals surface area contributed by atoms with Crippen LogP contribution in [0.25, 0.3) is 0 Å². The molecule has 0 unspecified atom stereocenters. The lowest BCUT2D eigenvalue weighted by Gasteiger charge is -2.18. The fourth-order valence-corrected chi connectivity index (χ4v) is 1.25. The predicted molar refractivity (Wildman–Crippen MR) is 54.2 cm³/mol. The van der Waals surface area contributed by atoms with E-state index in [0.717, 1.165) is 11.1 Å². The quantitative estimate of drug-likeness (QED) is 0.593. The van der Waals surface area contributed by atoms with Gasteiger partial charge in [0.25, 0.3) is 0 Å². The van der Waals surface area contributed by atoms with Crippen LogP contribution in [-0.4, -0.2) is 11.2 Å². The summed E-state index contributed by atoms with van der Waals surface area (Å²) in [4.78, 5) is 0. The molecule has 0 aliphatic heterocycles. The minimum absolute atomic E-state index is 0.403. The van der Waals surface area contributed by atoms with Crippen LogP contribution in [0.2, 0.25) is 0 Å². The molecule has 0 saturated carbocycles. The molecule has 0 fully saturated rings. The number of rotatable bonds is 2. The first-order valence-electron chi connectivity index (χ1n) is 4.32. The van der Waals surface area contributed by atoms with Gasteiger partial charge in [-0.25, -0.2) is 0 Å². The number of nitrogen functional groups attached to an aromatic ring is 1. The van der Waals surface area contributed by atoms with Gasteiger partial charge in [-0.05, 0) is 25.0 Å². The van der Waals surface area contributed by atoms with E-state index in [1.807, 2.05) is 25.1 Å². The molecular weight excluding hydrogens is 164 g/mol. The molecule has 1 rings (SSSR count). The van der Waals surface area contributed by atoms with Gasteiger partial charge in [-0.1, -0.05) is 18.2 Å². The lowest BCUT2D eigenvalue weighted by Crippen LogP contribution is -2.24. The van der Waals surface area contributed by atoms with Crippen molar-refractivity contribution in [2.75, 3.05) is 5.73 Å². The van der Waals surface area contributed by atoms with Gasteiger partial charge in [0, 0.05) is 5.69 Å². The van der Waals surface area contributed by atoms with E-state index in [-0.39, 0.29) is 0 Å². The smallest absolute Gasteiger partial charge is 0.0705 e. The summed E-state index contributed by atoms with van der Waals surface area (Å²) < 4.78 is 0. The van der Waals surface area contributed by atoms with E-state index in [0.29, 0.717) is 5.69 Å². The van der Waals surface area contributed by atoms with Crippen LogP contribution in [0.4, 0.5) is 5.69 Å². The average Bonchev–Trinajstić information content (AvgIpc) is 2.08. The standard InChI is InChI=1S/C10H16N2O/c1-6-4-3-5-8(9(6)11)10(12)7(2)13/h3-5,7,10,13H,11-12H2,1-2H3/t7-,10+/m1/s1. The Labute approximate surface area is 78.4 Å². The summed E-state index contributed by atoms with van der Waals surface area (Å²) in [5.41, 5.74) is 14.1. The molecule has 0 radical (unpaired) electrons. The lowest BCUT2D eigenvalue weighted by atomic mass is 9.99. The van der Waals surface area contributed by atoms with Gasteiger partial charge in [0.2, 0.25) is 0 Å².